The van der Waals surface area contributed by atoms with Crippen LogP contribution in [0.15, 0.2) is 103 Å². The lowest BCUT2D eigenvalue weighted by Gasteiger charge is -2.29. The summed E-state index contributed by atoms with van der Waals surface area (Å²) in [5.74, 6) is -0.605. The van der Waals surface area contributed by atoms with Gasteiger partial charge in [0.05, 0.1) is 27.7 Å². The molecule has 0 atom stereocenters. The van der Waals surface area contributed by atoms with E-state index in [-0.39, 0.29) is 10.6 Å². The van der Waals surface area contributed by atoms with Crippen molar-refractivity contribution in [2.24, 2.45) is 5.73 Å². The van der Waals surface area contributed by atoms with E-state index in [0.29, 0.717) is 29.1 Å². The average molecular weight is 661 g/mol. The topological polar surface area (TPSA) is 113 Å². The number of carbonyl (C=O) groups excluding carboxylic acids is 1. The molecule has 1 amide bonds. The van der Waals surface area contributed by atoms with E-state index in [0.717, 1.165) is 67.6 Å². The van der Waals surface area contributed by atoms with E-state index in [1.165, 1.54) is 17.7 Å². The number of likely N-dealkylation sites (tertiary alicyclic amines) is 1. The third kappa shape index (κ3) is 7.06. The van der Waals surface area contributed by atoms with Gasteiger partial charge in [-0.1, -0.05) is 41.9 Å². The number of anilines is 3. The summed E-state index contributed by atoms with van der Waals surface area (Å²) in [5.41, 5.74) is 12.4. The lowest BCUT2D eigenvalue weighted by molar-refractivity contribution is 0.102. The smallest absolute Gasteiger partial charge is 0.257 e. The molecule has 1 fully saturated rings. The molecule has 11 heteroatoms. The van der Waals surface area contributed by atoms with E-state index in [1.54, 1.807) is 12.3 Å². The van der Waals surface area contributed by atoms with Crippen molar-refractivity contribution in [1.29, 1.82) is 0 Å². The van der Waals surface area contributed by atoms with Crippen LogP contribution in [0, 0.1) is 5.82 Å². The number of aromatic nitrogens is 4. The van der Waals surface area contributed by atoms with Crippen LogP contribution in [0.2, 0.25) is 5.02 Å². The molecule has 1 saturated heterocycles. The van der Waals surface area contributed by atoms with Gasteiger partial charge in [-0.05, 0) is 98.6 Å². The van der Waals surface area contributed by atoms with Gasteiger partial charge in [-0.15, -0.1) is 0 Å². The van der Waals surface area contributed by atoms with Gasteiger partial charge in [-0.3, -0.25) is 9.20 Å². The monoisotopic (exact) mass is 660 g/mol. The predicted octanol–water partition coefficient (Wildman–Crippen LogP) is 7.21. The van der Waals surface area contributed by atoms with Crippen molar-refractivity contribution in [1.82, 2.24) is 24.3 Å². The van der Waals surface area contributed by atoms with Crippen molar-refractivity contribution in [3.05, 3.63) is 125 Å². The number of rotatable bonds is 9. The van der Waals surface area contributed by atoms with Crippen LogP contribution < -0.4 is 16.4 Å². The van der Waals surface area contributed by atoms with E-state index in [2.05, 4.69) is 32.7 Å². The Morgan fingerprint density at radius 3 is 2.60 bits per heavy atom. The van der Waals surface area contributed by atoms with Gasteiger partial charge in [0.1, 0.15) is 11.5 Å². The Bertz CT molecular complexity index is 2070. The van der Waals surface area contributed by atoms with Gasteiger partial charge in [0.25, 0.3) is 5.91 Å². The summed E-state index contributed by atoms with van der Waals surface area (Å²) in [6.45, 7) is 3.16. The van der Waals surface area contributed by atoms with E-state index in [1.807, 2.05) is 65.2 Å². The normalized spacial score (nSPS) is 13.9. The number of nitrogens with zero attached hydrogens (tertiary/aromatic N) is 5. The number of carbonyl (C=O) groups is 1. The number of halogens is 2. The second-order valence-corrected chi connectivity index (χ2v) is 12.3. The SMILES string of the molecule is NC1CCN(CCc2ccc(Nc3nccc(-c4c(-c5cccc(NC(=O)c6cc(F)ccc6Cl)c5)nc5ccccn45)n3)cc2)CC1. The van der Waals surface area contributed by atoms with Crippen LogP contribution in [0.1, 0.15) is 28.8 Å². The van der Waals surface area contributed by atoms with Crippen LogP contribution in [-0.4, -0.2) is 55.8 Å². The van der Waals surface area contributed by atoms with Gasteiger partial charge in [0.15, 0.2) is 0 Å². The molecule has 1 aliphatic heterocycles. The number of fused-ring (bicyclic) bond motifs is 1. The largest absolute Gasteiger partial charge is 0.328 e. The Kier molecular flexibility index (Phi) is 9.11. The molecular weight excluding hydrogens is 627 g/mol. The summed E-state index contributed by atoms with van der Waals surface area (Å²) in [7, 11) is 0. The van der Waals surface area contributed by atoms with Crippen LogP contribution >= 0.6 is 11.6 Å². The lowest BCUT2D eigenvalue weighted by atomic mass is 10.1. The summed E-state index contributed by atoms with van der Waals surface area (Å²) in [6.07, 6.45) is 6.77. The quantitative estimate of drug-likeness (QED) is 0.150. The number of nitrogens with two attached hydrogens (primary N) is 1. The Morgan fingerprint density at radius 1 is 0.938 bits per heavy atom. The van der Waals surface area contributed by atoms with Crippen molar-refractivity contribution in [3.8, 4) is 22.6 Å². The van der Waals surface area contributed by atoms with Gasteiger partial charge in [-0.2, -0.15) is 0 Å². The molecule has 48 heavy (non-hydrogen) atoms. The van der Waals surface area contributed by atoms with Crippen LogP contribution in [-0.2, 0) is 6.42 Å². The maximum atomic E-state index is 13.8. The Hall–Kier alpha value is -5.16. The first-order valence-electron chi connectivity index (χ1n) is 15.9. The van der Waals surface area contributed by atoms with E-state index in [9.17, 15) is 9.18 Å². The minimum atomic E-state index is -0.544. The molecule has 0 bridgehead atoms. The first-order valence-corrected chi connectivity index (χ1v) is 16.3. The first kappa shape index (κ1) is 31.4. The van der Waals surface area contributed by atoms with Gasteiger partial charge in [-0.25, -0.2) is 19.3 Å². The predicted molar refractivity (Wildman–Crippen MR) is 188 cm³/mol. The van der Waals surface area contributed by atoms with Crippen molar-refractivity contribution in [2.75, 3.05) is 30.3 Å². The van der Waals surface area contributed by atoms with E-state index >= 15 is 0 Å². The molecule has 4 heterocycles. The summed E-state index contributed by atoms with van der Waals surface area (Å²) in [5, 5.41) is 6.34. The Morgan fingerprint density at radius 2 is 1.77 bits per heavy atom. The molecule has 1 aliphatic rings. The highest BCUT2D eigenvalue weighted by Gasteiger charge is 2.19. The molecule has 3 aromatic heterocycles. The third-order valence-electron chi connectivity index (χ3n) is 8.55. The minimum Gasteiger partial charge on any atom is -0.328 e. The molecule has 9 nitrogen and oxygen atoms in total. The molecule has 7 rings (SSSR count). The molecule has 6 aromatic rings. The minimum absolute atomic E-state index is 0.0502. The zero-order chi connectivity index (χ0) is 33.0. The number of imidazole rings is 1. The molecule has 3 aromatic carbocycles. The number of amides is 1. The van der Waals surface area contributed by atoms with Crippen molar-refractivity contribution in [3.63, 3.8) is 0 Å². The summed E-state index contributed by atoms with van der Waals surface area (Å²) in [6, 6.07) is 27.3. The molecule has 0 saturated carbocycles. The van der Waals surface area contributed by atoms with Gasteiger partial charge < -0.3 is 21.3 Å². The summed E-state index contributed by atoms with van der Waals surface area (Å²) in [4.78, 5) is 29.8. The highest BCUT2D eigenvalue weighted by molar-refractivity contribution is 6.34. The summed E-state index contributed by atoms with van der Waals surface area (Å²) >= 11 is 6.17. The molecule has 0 unspecified atom stereocenters. The molecule has 4 N–H and O–H groups in total. The zero-order valence-electron chi connectivity index (χ0n) is 26.1. The standard InChI is InChI=1S/C37H34ClFN8O/c38-31-12-9-26(39)23-30(31)36(48)42-29-5-3-4-25(22-29)34-35(47-18-2-1-6-33(47)45-34)32-13-17-41-37(44-32)43-28-10-7-24(8-11-28)14-19-46-20-15-27(40)16-21-46/h1-13,17-18,22-23,27H,14-16,19-21,40H2,(H,42,48)(H,41,43,44). The highest BCUT2D eigenvalue weighted by atomic mass is 35.5. The van der Waals surface area contributed by atoms with Crippen LogP contribution in [0.4, 0.5) is 21.7 Å². The Labute approximate surface area is 282 Å². The van der Waals surface area contributed by atoms with Crippen LogP contribution in [0.5, 0.6) is 0 Å². The number of benzene rings is 3. The number of nitrogens with one attached hydrogen (secondary N) is 2. The molecule has 0 aliphatic carbocycles. The van der Waals surface area contributed by atoms with Crippen molar-refractivity contribution in [2.45, 2.75) is 25.3 Å². The number of hydrogen-bond donors (Lipinski definition) is 3. The second kappa shape index (κ2) is 13.9. The van der Waals surface area contributed by atoms with Crippen molar-refractivity contribution >= 4 is 40.5 Å². The third-order valence-corrected chi connectivity index (χ3v) is 8.88. The second-order valence-electron chi connectivity index (χ2n) is 11.9. The lowest BCUT2D eigenvalue weighted by Crippen LogP contribution is -2.40. The molecule has 0 spiro atoms. The van der Waals surface area contributed by atoms with Gasteiger partial charge in [0, 0.05) is 41.9 Å². The van der Waals surface area contributed by atoms with Gasteiger partial charge >= 0.3 is 0 Å². The number of piperidine rings is 1. The van der Waals surface area contributed by atoms with Crippen LogP contribution in [0.25, 0.3) is 28.3 Å². The van der Waals surface area contributed by atoms with E-state index < -0.39 is 11.7 Å². The molecular formula is C37H34ClFN8O. The Balaban J connectivity index is 1.12. The number of hydrogen-bond acceptors (Lipinski definition) is 7. The fourth-order valence-corrected chi connectivity index (χ4v) is 6.16. The molecule has 0 radical (unpaired) electrons. The van der Waals surface area contributed by atoms with E-state index in [4.69, 9.17) is 27.3 Å². The van der Waals surface area contributed by atoms with Crippen molar-refractivity contribution < 1.29 is 9.18 Å². The maximum absolute atomic E-state index is 13.8. The summed E-state index contributed by atoms with van der Waals surface area (Å²) < 4.78 is 15.8. The first-order chi connectivity index (χ1) is 23.4. The highest BCUT2D eigenvalue weighted by Crippen LogP contribution is 2.34. The maximum Gasteiger partial charge on any atom is 0.257 e. The fraction of sp³-hybridized carbons (Fsp3) is 0.189. The average Bonchev–Trinajstić information content (AvgIpc) is 3.50. The van der Waals surface area contributed by atoms with Crippen LogP contribution in [0.3, 0.4) is 0 Å². The molecule has 242 valence electrons. The zero-order valence-corrected chi connectivity index (χ0v) is 26.9. The number of pyridine rings is 1. The fourth-order valence-electron chi connectivity index (χ4n) is 5.95. The van der Waals surface area contributed by atoms with Gasteiger partial charge in [0.2, 0.25) is 5.95 Å².